The van der Waals surface area contributed by atoms with Crippen molar-refractivity contribution in [2.24, 2.45) is 0 Å². The van der Waals surface area contributed by atoms with Crippen LogP contribution in [0.25, 0.3) is 0 Å². The molecular weight excluding hydrogens is 292 g/mol. The normalized spacial score (nSPS) is 11.6. The van der Waals surface area contributed by atoms with Gasteiger partial charge in [-0.2, -0.15) is 5.10 Å². The number of aromatic nitrogens is 3. The molecule has 0 spiro atoms. The van der Waals surface area contributed by atoms with E-state index in [1.54, 1.807) is 0 Å². The van der Waals surface area contributed by atoms with Crippen molar-refractivity contribution in [3.05, 3.63) is 28.5 Å². The molecule has 0 fully saturated rings. The maximum Gasteiger partial charge on any atom is 0.345 e. The van der Waals surface area contributed by atoms with Crippen molar-refractivity contribution in [1.29, 1.82) is 0 Å². The monoisotopic (exact) mass is 302 g/mol. The number of carboxylic acids is 1. The SMILES string of the molecule is O=C(O)c1cc(S(=O)(=O)NCCc2ncn[nH]2)cs1. The Kier molecular flexibility index (Phi) is 3.93. The third-order valence-electron chi connectivity index (χ3n) is 2.22. The number of hydrogen-bond acceptors (Lipinski definition) is 6. The van der Waals surface area contributed by atoms with Crippen LogP contribution in [-0.2, 0) is 16.4 Å². The van der Waals surface area contributed by atoms with E-state index in [9.17, 15) is 13.2 Å². The summed E-state index contributed by atoms with van der Waals surface area (Å²) in [7, 11) is -3.69. The van der Waals surface area contributed by atoms with Crippen molar-refractivity contribution in [3.63, 3.8) is 0 Å². The van der Waals surface area contributed by atoms with E-state index in [4.69, 9.17) is 5.11 Å². The van der Waals surface area contributed by atoms with Gasteiger partial charge in [-0.05, 0) is 6.07 Å². The van der Waals surface area contributed by atoms with Crippen molar-refractivity contribution in [3.8, 4) is 0 Å². The first kappa shape index (κ1) is 13.6. The number of rotatable bonds is 6. The Morgan fingerprint density at radius 1 is 1.53 bits per heavy atom. The minimum Gasteiger partial charge on any atom is -0.477 e. The summed E-state index contributed by atoms with van der Waals surface area (Å²) in [5.74, 6) is -0.577. The third kappa shape index (κ3) is 3.36. The number of sulfonamides is 1. The molecule has 3 N–H and O–H groups in total. The van der Waals surface area contributed by atoms with E-state index in [0.717, 1.165) is 17.4 Å². The highest BCUT2D eigenvalue weighted by atomic mass is 32.2. The summed E-state index contributed by atoms with van der Waals surface area (Å²) in [5.41, 5.74) is 0. The Morgan fingerprint density at radius 3 is 2.89 bits per heavy atom. The molecule has 2 aromatic rings. The summed E-state index contributed by atoms with van der Waals surface area (Å²) in [6, 6.07) is 1.13. The zero-order valence-electron chi connectivity index (χ0n) is 9.53. The summed E-state index contributed by atoms with van der Waals surface area (Å²) in [4.78, 5) is 14.5. The number of nitrogens with zero attached hydrogens (tertiary/aromatic N) is 2. The second kappa shape index (κ2) is 5.47. The van der Waals surface area contributed by atoms with Crippen LogP contribution >= 0.6 is 11.3 Å². The van der Waals surface area contributed by atoms with Gasteiger partial charge in [-0.1, -0.05) is 0 Å². The first-order valence-electron chi connectivity index (χ1n) is 5.15. The van der Waals surface area contributed by atoms with Crippen molar-refractivity contribution in [1.82, 2.24) is 19.9 Å². The molecule has 0 aliphatic rings. The smallest absolute Gasteiger partial charge is 0.345 e. The van der Waals surface area contributed by atoms with Crippen LogP contribution in [0.3, 0.4) is 0 Å². The molecule has 0 bridgehead atoms. The molecule has 19 heavy (non-hydrogen) atoms. The lowest BCUT2D eigenvalue weighted by molar-refractivity contribution is 0.0702. The van der Waals surface area contributed by atoms with E-state index in [0.29, 0.717) is 12.2 Å². The molecule has 0 amide bonds. The molecule has 2 aromatic heterocycles. The molecule has 0 unspecified atom stereocenters. The van der Waals surface area contributed by atoms with Crippen molar-refractivity contribution in [2.75, 3.05) is 6.54 Å². The third-order valence-corrected chi connectivity index (χ3v) is 4.72. The largest absolute Gasteiger partial charge is 0.477 e. The number of nitrogens with one attached hydrogen (secondary N) is 2. The summed E-state index contributed by atoms with van der Waals surface area (Å²) < 4.78 is 26.1. The number of H-pyrrole nitrogens is 1. The van der Waals surface area contributed by atoms with Crippen LogP contribution < -0.4 is 4.72 Å². The standard InChI is InChI=1S/C9H10N4O4S2/c14-9(15)7-3-6(4-18-7)19(16,17)12-2-1-8-10-5-11-13-8/h3-5,12H,1-2H2,(H,14,15)(H,10,11,13). The van der Waals surface area contributed by atoms with Crippen LogP contribution in [0.1, 0.15) is 15.5 Å². The maximum atomic E-state index is 11.9. The highest BCUT2D eigenvalue weighted by molar-refractivity contribution is 7.89. The molecule has 102 valence electrons. The number of carbonyl (C=O) groups is 1. The molecule has 0 saturated carbocycles. The van der Waals surface area contributed by atoms with Gasteiger partial charge in [0, 0.05) is 18.3 Å². The van der Waals surface area contributed by atoms with E-state index in [2.05, 4.69) is 19.9 Å². The van der Waals surface area contributed by atoms with Crippen LogP contribution in [0.4, 0.5) is 0 Å². The molecule has 10 heteroatoms. The molecule has 0 aliphatic heterocycles. The van der Waals surface area contributed by atoms with Gasteiger partial charge in [0.2, 0.25) is 10.0 Å². The molecular formula is C9H10N4O4S2. The highest BCUT2D eigenvalue weighted by Gasteiger charge is 2.18. The fraction of sp³-hybridized carbons (Fsp3) is 0.222. The van der Waals surface area contributed by atoms with Gasteiger partial charge < -0.3 is 5.11 Å². The van der Waals surface area contributed by atoms with Crippen LogP contribution in [0.5, 0.6) is 0 Å². The van der Waals surface area contributed by atoms with Gasteiger partial charge in [0.1, 0.15) is 17.0 Å². The van der Waals surface area contributed by atoms with E-state index < -0.39 is 16.0 Å². The Balaban J connectivity index is 1.99. The summed E-state index contributed by atoms with van der Waals surface area (Å²) in [6.45, 7) is 0.149. The van der Waals surface area contributed by atoms with Gasteiger partial charge in [-0.3, -0.25) is 5.10 Å². The summed E-state index contributed by atoms with van der Waals surface area (Å²) in [6.07, 6.45) is 1.71. The van der Waals surface area contributed by atoms with Gasteiger partial charge in [0.05, 0.1) is 4.90 Å². The topological polar surface area (TPSA) is 125 Å². The predicted molar refractivity (Wildman–Crippen MR) is 66.6 cm³/mol. The molecule has 0 atom stereocenters. The van der Waals surface area contributed by atoms with Crippen LogP contribution in [0, 0.1) is 0 Å². The first-order valence-corrected chi connectivity index (χ1v) is 7.51. The number of thiophene rings is 1. The quantitative estimate of drug-likeness (QED) is 0.694. The number of carboxylic acid groups (broad SMARTS) is 1. The Morgan fingerprint density at radius 2 is 2.32 bits per heavy atom. The first-order chi connectivity index (χ1) is 8.99. The lowest BCUT2D eigenvalue weighted by Gasteiger charge is -2.03. The van der Waals surface area contributed by atoms with Crippen molar-refractivity contribution in [2.45, 2.75) is 11.3 Å². The van der Waals surface area contributed by atoms with E-state index in [-0.39, 0.29) is 16.3 Å². The zero-order chi connectivity index (χ0) is 13.9. The number of aromatic carboxylic acids is 1. The minimum atomic E-state index is -3.69. The summed E-state index contributed by atoms with van der Waals surface area (Å²) >= 11 is 0.869. The Bertz CT molecular complexity index is 662. The van der Waals surface area contributed by atoms with Gasteiger partial charge in [-0.25, -0.2) is 22.9 Å². The zero-order valence-corrected chi connectivity index (χ0v) is 11.2. The van der Waals surface area contributed by atoms with Gasteiger partial charge in [0.25, 0.3) is 0 Å². The Hall–Kier alpha value is -1.78. The van der Waals surface area contributed by atoms with Gasteiger partial charge in [0.15, 0.2) is 0 Å². The fourth-order valence-corrected chi connectivity index (χ4v) is 3.45. The fourth-order valence-electron chi connectivity index (χ4n) is 1.31. The number of aromatic amines is 1. The predicted octanol–water partition coefficient (Wildman–Crippen LogP) is 0.0854. The van der Waals surface area contributed by atoms with Crippen molar-refractivity contribution < 1.29 is 18.3 Å². The van der Waals surface area contributed by atoms with Crippen molar-refractivity contribution >= 4 is 27.3 Å². The maximum absolute atomic E-state index is 11.9. The molecule has 2 heterocycles. The second-order valence-electron chi connectivity index (χ2n) is 3.53. The van der Waals surface area contributed by atoms with Gasteiger partial charge >= 0.3 is 5.97 Å². The van der Waals surface area contributed by atoms with E-state index >= 15 is 0 Å². The van der Waals surface area contributed by atoms with E-state index in [1.807, 2.05) is 0 Å². The molecule has 0 aliphatic carbocycles. The average molecular weight is 302 g/mol. The second-order valence-corrected chi connectivity index (χ2v) is 6.21. The molecule has 0 aromatic carbocycles. The molecule has 0 radical (unpaired) electrons. The minimum absolute atomic E-state index is 0.0180. The van der Waals surface area contributed by atoms with Crippen LogP contribution in [0.2, 0.25) is 0 Å². The highest BCUT2D eigenvalue weighted by Crippen LogP contribution is 2.18. The van der Waals surface area contributed by atoms with E-state index in [1.165, 1.54) is 11.7 Å². The Labute approximate surface area is 112 Å². The van der Waals surface area contributed by atoms with Crippen LogP contribution in [-0.4, -0.2) is 41.2 Å². The van der Waals surface area contributed by atoms with Gasteiger partial charge in [-0.15, -0.1) is 11.3 Å². The summed E-state index contributed by atoms with van der Waals surface area (Å²) in [5, 5.41) is 16.3. The average Bonchev–Trinajstić information content (AvgIpc) is 2.99. The molecule has 0 saturated heterocycles. The lowest BCUT2D eigenvalue weighted by Crippen LogP contribution is -2.25. The van der Waals surface area contributed by atoms with Crippen LogP contribution in [0.15, 0.2) is 22.7 Å². The molecule has 8 nitrogen and oxygen atoms in total. The lowest BCUT2D eigenvalue weighted by atomic mass is 10.4. The number of hydrogen-bond donors (Lipinski definition) is 3. The molecule has 2 rings (SSSR count).